The number of anilines is 1. The highest BCUT2D eigenvalue weighted by molar-refractivity contribution is 7.17. The smallest absolute Gasteiger partial charge is 0.147 e. The van der Waals surface area contributed by atoms with Crippen molar-refractivity contribution >= 4 is 27.4 Å². The predicted molar refractivity (Wildman–Crippen MR) is 80.2 cm³/mol. The third kappa shape index (κ3) is 2.51. The minimum absolute atomic E-state index is 0.259. The fourth-order valence-corrected chi connectivity index (χ4v) is 3.57. The highest BCUT2D eigenvalue weighted by Crippen LogP contribution is 2.28. The Morgan fingerprint density at radius 1 is 1.40 bits per heavy atom. The van der Waals surface area contributed by atoms with Gasteiger partial charge in [0.2, 0.25) is 0 Å². The number of aromatic nitrogens is 2. The summed E-state index contributed by atoms with van der Waals surface area (Å²) in [5.74, 6) is 0.928. The summed E-state index contributed by atoms with van der Waals surface area (Å²) < 4.78 is 6.98. The largest absolute Gasteiger partial charge is 0.374 e. The van der Waals surface area contributed by atoms with Crippen LogP contribution in [0.3, 0.4) is 0 Å². The van der Waals surface area contributed by atoms with Crippen molar-refractivity contribution in [3.63, 3.8) is 0 Å². The van der Waals surface area contributed by atoms with E-state index in [1.54, 1.807) is 17.7 Å². The van der Waals surface area contributed by atoms with Gasteiger partial charge >= 0.3 is 0 Å². The average Bonchev–Trinajstić information content (AvgIpc) is 3.23. The fraction of sp³-hybridized carbons (Fsp3) is 0.571. The van der Waals surface area contributed by atoms with Gasteiger partial charge in [-0.25, -0.2) is 9.97 Å². The molecule has 106 valence electrons. The van der Waals surface area contributed by atoms with Crippen molar-refractivity contribution in [3.05, 3.63) is 17.8 Å². The molecule has 2 aromatic heterocycles. The highest BCUT2D eigenvalue weighted by Gasteiger charge is 2.32. The van der Waals surface area contributed by atoms with Gasteiger partial charge in [-0.05, 0) is 24.3 Å². The van der Waals surface area contributed by atoms with Gasteiger partial charge in [0.15, 0.2) is 0 Å². The van der Waals surface area contributed by atoms with E-state index in [0.29, 0.717) is 0 Å². The molecule has 3 heterocycles. The van der Waals surface area contributed by atoms with Crippen LogP contribution in [-0.2, 0) is 4.74 Å². The van der Waals surface area contributed by atoms with Crippen LogP contribution >= 0.6 is 11.3 Å². The molecule has 6 heteroatoms. The number of nitrogens with zero attached hydrogens (tertiary/aromatic N) is 3. The third-order valence-electron chi connectivity index (χ3n) is 3.97. The van der Waals surface area contributed by atoms with Gasteiger partial charge in [0.25, 0.3) is 0 Å². The second kappa shape index (κ2) is 5.27. The summed E-state index contributed by atoms with van der Waals surface area (Å²) >= 11 is 1.68. The van der Waals surface area contributed by atoms with Crippen LogP contribution in [-0.4, -0.2) is 53.3 Å². The molecule has 1 aliphatic carbocycles. The summed E-state index contributed by atoms with van der Waals surface area (Å²) in [6, 6.07) is 2.85. The molecule has 0 radical (unpaired) electrons. The second-order valence-corrected chi connectivity index (χ2v) is 6.37. The molecular formula is C14H18N4OS. The van der Waals surface area contributed by atoms with Crippen LogP contribution in [0.15, 0.2) is 17.8 Å². The molecule has 1 aliphatic heterocycles. The third-order valence-corrected chi connectivity index (χ3v) is 4.88. The molecule has 0 spiro atoms. The van der Waals surface area contributed by atoms with Crippen molar-refractivity contribution in [1.29, 1.82) is 0 Å². The predicted octanol–water partition coefficient (Wildman–Crippen LogP) is 1.97. The van der Waals surface area contributed by atoms with E-state index in [1.807, 2.05) is 6.07 Å². The fourth-order valence-electron chi connectivity index (χ4n) is 2.76. The lowest BCUT2D eigenvalue weighted by Crippen LogP contribution is -2.46. The molecule has 2 aromatic rings. The van der Waals surface area contributed by atoms with Crippen molar-refractivity contribution in [1.82, 2.24) is 14.9 Å². The van der Waals surface area contributed by atoms with Crippen molar-refractivity contribution in [2.45, 2.75) is 25.0 Å². The molecule has 1 saturated heterocycles. The minimum Gasteiger partial charge on any atom is -0.374 e. The molecule has 2 fully saturated rings. The van der Waals surface area contributed by atoms with Gasteiger partial charge in [-0.1, -0.05) is 0 Å². The molecular weight excluding hydrogens is 272 g/mol. The quantitative estimate of drug-likeness (QED) is 0.933. The number of hydrogen-bond donors (Lipinski definition) is 1. The first-order valence-electron chi connectivity index (χ1n) is 7.18. The molecule has 1 N–H and O–H groups in total. The number of ether oxygens (including phenoxy) is 1. The standard InChI is InChI=1S/C14H18N4OS/c1-2-10(1)18-4-5-19-11(8-18)7-15-14-13-12(3-6-20-13)16-9-17-14/h3,6,9-11H,1-2,4-5,7-8H2,(H,15,16,17)/t11-/m0/s1. The van der Waals surface area contributed by atoms with E-state index in [2.05, 4.69) is 25.6 Å². The number of rotatable bonds is 4. The van der Waals surface area contributed by atoms with Crippen LogP contribution in [0.1, 0.15) is 12.8 Å². The number of hydrogen-bond acceptors (Lipinski definition) is 6. The SMILES string of the molecule is c1nc(NC[C@H]2CN(C3CC3)CCO2)c2sccc2n1. The first-order chi connectivity index (χ1) is 9.90. The summed E-state index contributed by atoms with van der Waals surface area (Å²) in [4.78, 5) is 11.2. The lowest BCUT2D eigenvalue weighted by Gasteiger charge is -2.33. The summed E-state index contributed by atoms with van der Waals surface area (Å²) in [7, 11) is 0. The molecule has 0 aromatic carbocycles. The van der Waals surface area contributed by atoms with Crippen molar-refractivity contribution in [2.24, 2.45) is 0 Å². The average molecular weight is 290 g/mol. The molecule has 20 heavy (non-hydrogen) atoms. The Kier molecular flexibility index (Phi) is 3.29. The number of fused-ring (bicyclic) bond motifs is 1. The molecule has 5 nitrogen and oxygen atoms in total. The minimum atomic E-state index is 0.259. The van der Waals surface area contributed by atoms with Gasteiger partial charge < -0.3 is 10.1 Å². The lowest BCUT2D eigenvalue weighted by molar-refractivity contribution is -0.0241. The summed E-state index contributed by atoms with van der Waals surface area (Å²) in [6.07, 6.45) is 4.61. The number of thiophene rings is 1. The Labute approximate surface area is 122 Å². The summed E-state index contributed by atoms with van der Waals surface area (Å²) in [5.41, 5.74) is 1.01. The van der Waals surface area contributed by atoms with Crippen molar-refractivity contribution < 1.29 is 4.74 Å². The second-order valence-electron chi connectivity index (χ2n) is 5.46. The lowest BCUT2D eigenvalue weighted by atomic mass is 10.2. The van der Waals surface area contributed by atoms with E-state index in [-0.39, 0.29) is 6.10 Å². The normalized spacial score (nSPS) is 24.1. The van der Waals surface area contributed by atoms with E-state index in [0.717, 1.165) is 48.3 Å². The Morgan fingerprint density at radius 3 is 3.25 bits per heavy atom. The topological polar surface area (TPSA) is 50.3 Å². The van der Waals surface area contributed by atoms with Gasteiger partial charge in [-0.3, -0.25) is 4.90 Å². The number of morpholine rings is 1. The molecule has 1 atom stereocenters. The zero-order valence-electron chi connectivity index (χ0n) is 11.3. The molecule has 4 rings (SSSR count). The molecule has 1 saturated carbocycles. The Hall–Kier alpha value is -1.24. The van der Waals surface area contributed by atoms with E-state index < -0.39 is 0 Å². The maximum Gasteiger partial charge on any atom is 0.147 e. The monoisotopic (exact) mass is 290 g/mol. The van der Waals surface area contributed by atoms with Crippen LogP contribution < -0.4 is 5.32 Å². The first-order valence-corrected chi connectivity index (χ1v) is 8.06. The molecule has 0 bridgehead atoms. The molecule has 2 aliphatic rings. The maximum atomic E-state index is 5.86. The van der Waals surface area contributed by atoms with E-state index in [4.69, 9.17) is 4.74 Å². The van der Waals surface area contributed by atoms with Crippen LogP contribution in [0.25, 0.3) is 10.2 Å². The Bertz CT molecular complexity index is 598. The van der Waals surface area contributed by atoms with Crippen molar-refractivity contribution in [3.8, 4) is 0 Å². The first kappa shape index (κ1) is 12.5. The summed E-state index contributed by atoms with van der Waals surface area (Å²) in [6.45, 7) is 3.79. The van der Waals surface area contributed by atoms with E-state index >= 15 is 0 Å². The Balaban J connectivity index is 1.41. The van der Waals surface area contributed by atoms with E-state index in [9.17, 15) is 0 Å². The van der Waals surface area contributed by atoms with E-state index in [1.165, 1.54) is 12.8 Å². The van der Waals surface area contributed by atoms with Crippen molar-refractivity contribution in [2.75, 3.05) is 31.6 Å². The van der Waals surface area contributed by atoms with Gasteiger partial charge in [-0.2, -0.15) is 0 Å². The Morgan fingerprint density at radius 2 is 2.35 bits per heavy atom. The van der Waals surface area contributed by atoms with Crippen LogP contribution in [0, 0.1) is 0 Å². The molecule has 0 amide bonds. The van der Waals surface area contributed by atoms with Gasteiger partial charge in [0.05, 0.1) is 22.9 Å². The highest BCUT2D eigenvalue weighted by atomic mass is 32.1. The number of nitrogens with one attached hydrogen (secondary N) is 1. The maximum absolute atomic E-state index is 5.86. The summed E-state index contributed by atoms with van der Waals surface area (Å²) in [5, 5.41) is 5.48. The zero-order valence-corrected chi connectivity index (χ0v) is 12.1. The van der Waals surface area contributed by atoms with Crippen LogP contribution in [0.4, 0.5) is 5.82 Å². The zero-order chi connectivity index (χ0) is 13.4. The molecule has 0 unspecified atom stereocenters. The van der Waals surface area contributed by atoms with Gasteiger partial charge in [0, 0.05) is 25.7 Å². The van der Waals surface area contributed by atoms with Crippen LogP contribution in [0.2, 0.25) is 0 Å². The van der Waals surface area contributed by atoms with Gasteiger partial charge in [-0.15, -0.1) is 11.3 Å². The van der Waals surface area contributed by atoms with Crippen LogP contribution in [0.5, 0.6) is 0 Å². The van der Waals surface area contributed by atoms with Gasteiger partial charge in [0.1, 0.15) is 12.1 Å².